The van der Waals surface area contributed by atoms with Crippen molar-refractivity contribution in [2.24, 2.45) is 0 Å². The highest BCUT2D eigenvalue weighted by Crippen LogP contribution is 2.34. The van der Waals surface area contributed by atoms with Crippen LogP contribution in [0.5, 0.6) is 11.5 Å². The van der Waals surface area contributed by atoms with Gasteiger partial charge in [0.15, 0.2) is 24.8 Å². The lowest BCUT2D eigenvalue weighted by Crippen LogP contribution is -2.38. The molecule has 1 N–H and O–H groups in total. The second-order valence-corrected chi connectivity index (χ2v) is 8.81. The van der Waals surface area contributed by atoms with Gasteiger partial charge >= 0.3 is 0 Å². The Bertz CT molecular complexity index is 1280. The first-order chi connectivity index (χ1) is 17.4. The zero-order chi connectivity index (χ0) is 25.7. The van der Waals surface area contributed by atoms with E-state index in [1.807, 2.05) is 39.0 Å². The number of rotatable bonds is 10. The largest absolute Gasteiger partial charge is 0.485 e. The molecule has 2 amide bonds. The van der Waals surface area contributed by atoms with Gasteiger partial charge in [-0.2, -0.15) is 0 Å². The SMILES string of the molecule is CCCCNC(=O)c1ccc(CN2C(=O)COc3ccc(C(=O)COc4cc(C)ccc4C)cc32)o1. The second kappa shape index (κ2) is 11.1. The van der Waals surface area contributed by atoms with E-state index in [4.69, 9.17) is 13.9 Å². The Morgan fingerprint density at radius 3 is 2.72 bits per heavy atom. The summed E-state index contributed by atoms with van der Waals surface area (Å²) in [4.78, 5) is 39.4. The fourth-order valence-corrected chi connectivity index (χ4v) is 3.84. The molecule has 2 aromatic carbocycles. The molecule has 0 fully saturated rings. The smallest absolute Gasteiger partial charge is 0.286 e. The van der Waals surface area contributed by atoms with Crippen LogP contribution in [0.25, 0.3) is 0 Å². The van der Waals surface area contributed by atoms with Gasteiger partial charge < -0.3 is 19.2 Å². The number of aryl methyl sites for hydroxylation is 2. The van der Waals surface area contributed by atoms with Crippen molar-refractivity contribution in [3.8, 4) is 11.5 Å². The van der Waals surface area contributed by atoms with Crippen molar-refractivity contribution in [1.29, 1.82) is 0 Å². The summed E-state index contributed by atoms with van der Waals surface area (Å²) in [5.74, 6) is 1.01. The third-order valence-corrected chi connectivity index (χ3v) is 5.94. The molecule has 188 valence electrons. The van der Waals surface area contributed by atoms with Crippen molar-refractivity contribution in [3.63, 3.8) is 0 Å². The predicted octanol–water partition coefficient (Wildman–Crippen LogP) is 4.61. The van der Waals surface area contributed by atoms with E-state index in [1.54, 1.807) is 30.3 Å². The lowest BCUT2D eigenvalue weighted by atomic mass is 10.1. The lowest BCUT2D eigenvalue weighted by Gasteiger charge is -2.29. The number of ether oxygens (including phenoxy) is 2. The fraction of sp³-hybridized carbons (Fsp3) is 0.321. The summed E-state index contributed by atoms with van der Waals surface area (Å²) in [5, 5.41) is 2.81. The van der Waals surface area contributed by atoms with Crippen LogP contribution in [0.2, 0.25) is 0 Å². The molecule has 4 rings (SSSR count). The van der Waals surface area contributed by atoms with Crippen LogP contribution < -0.4 is 19.7 Å². The number of fused-ring (bicyclic) bond motifs is 1. The zero-order valence-corrected chi connectivity index (χ0v) is 20.8. The summed E-state index contributed by atoms with van der Waals surface area (Å²) in [6.07, 6.45) is 1.86. The minimum Gasteiger partial charge on any atom is -0.485 e. The molecule has 0 saturated carbocycles. The molecule has 2 heterocycles. The number of ketones is 1. The van der Waals surface area contributed by atoms with Gasteiger partial charge in [-0.3, -0.25) is 19.3 Å². The number of carbonyl (C=O) groups excluding carboxylic acids is 3. The highest BCUT2D eigenvalue weighted by molar-refractivity contribution is 6.02. The number of amides is 2. The summed E-state index contributed by atoms with van der Waals surface area (Å²) < 4.78 is 17.0. The Balaban J connectivity index is 1.48. The van der Waals surface area contributed by atoms with Gasteiger partial charge in [0.1, 0.15) is 17.3 Å². The van der Waals surface area contributed by atoms with Crippen LogP contribution in [-0.4, -0.2) is 37.4 Å². The van der Waals surface area contributed by atoms with Gasteiger partial charge in [-0.25, -0.2) is 0 Å². The van der Waals surface area contributed by atoms with E-state index in [2.05, 4.69) is 5.32 Å². The van der Waals surface area contributed by atoms with Gasteiger partial charge in [0.2, 0.25) is 0 Å². The van der Waals surface area contributed by atoms with Crippen LogP contribution in [0.3, 0.4) is 0 Å². The Morgan fingerprint density at radius 2 is 1.92 bits per heavy atom. The highest BCUT2D eigenvalue weighted by atomic mass is 16.5. The molecule has 0 spiro atoms. The summed E-state index contributed by atoms with van der Waals surface area (Å²) in [6, 6.07) is 14.1. The first kappa shape index (κ1) is 25.0. The van der Waals surface area contributed by atoms with Crippen LogP contribution in [0, 0.1) is 13.8 Å². The van der Waals surface area contributed by atoms with Gasteiger partial charge in [0.05, 0.1) is 12.2 Å². The van der Waals surface area contributed by atoms with Crippen molar-refractivity contribution in [3.05, 3.63) is 76.7 Å². The maximum atomic E-state index is 12.9. The number of benzene rings is 2. The third-order valence-electron chi connectivity index (χ3n) is 5.94. The normalized spacial score (nSPS) is 12.6. The van der Waals surface area contributed by atoms with Crippen LogP contribution >= 0.6 is 0 Å². The Labute approximate surface area is 210 Å². The molecule has 0 unspecified atom stereocenters. The van der Waals surface area contributed by atoms with Crippen molar-refractivity contribution in [2.45, 2.75) is 40.2 Å². The number of anilines is 1. The molecule has 0 bridgehead atoms. The molecule has 1 aliphatic heterocycles. The number of hydrogen-bond acceptors (Lipinski definition) is 6. The number of furan rings is 1. The number of hydrogen-bond donors (Lipinski definition) is 1. The number of carbonyl (C=O) groups is 3. The molecular weight excluding hydrogens is 460 g/mol. The molecule has 0 saturated heterocycles. The molecule has 3 aromatic rings. The van der Waals surface area contributed by atoms with Gasteiger partial charge in [-0.1, -0.05) is 25.5 Å². The van der Waals surface area contributed by atoms with Gasteiger partial charge in [0, 0.05) is 12.1 Å². The zero-order valence-electron chi connectivity index (χ0n) is 20.8. The highest BCUT2D eigenvalue weighted by Gasteiger charge is 2.28. The number of unbranched alkanes of at least 4 members (excludes halogenated alkanes) is 1. The molecule has 1 aliphatic rings. The molecule has 36 heavy (non-hydrogen) atoms. The first-order valence-electron chi connectivity index (χ1n) is 12.0. The van der Waals surface area contributed by atoms with Gasteiger partial charge in [0.25, 0.3) is 11.8 Å². The second-order valence-electron chi connectivity index (χ2n) is 8.81. The molecular formula is C28H30N2O6. The molecule has 1 aromatic heterocycles. The van der Waals surface area contributed by atoms with E-state index in [1.165, 1.54) is 4.90 Å². The standard InChI is InChI=1S/C28H30N2O6/c1-4-5-12-29-28(33)25-11-9-21(36-25)15-30-22-14-20(8-10-24(22)35-17-27(30)32)23(31)16-34-26-13-18(2)6-7-19(26)3/h6-11,13-14H,4-5,12,15-17H2,1-3H3,(H,29,33). The summed E-state index contributed by atoms with van der Waals surface area (Å²) in [6.45, 7) is 6.36. The van der Waals surface area contributed by atoms with E-state index in [0.29, 0.717) is 35.1 Å². The lowest BCUT2D eigenvalue weighted by molar-refractivity contribution is -0.121. The van der Waals surface area contributed by atoms with E-state index in [0.717, 1.165) is 24.0 Å². The van der Waals surface area contributed by atoms with Crippen LogP contribution in [-0.2, 0) is 11.3 Å². The van der Waals surface area contributed by atoms with Gasteiger partial charge in [-0.15, -0.1) is 0 Å². The van der Waals surface area contributed by atoms with E-state index in [-0.39, 0.29) is 43.1 Å². The Kier molecular flexibility index (Phi) is 7.73. The average molecular weight is 491 g/mol. The topological polar surface area (TPSA) is 98.1 Å². The molecule has 8 heteroatoms. The molecule has 0 atom stereocenters. The Hall–Kier alpha value is -4.07. The van der Waals surface area contributed by atoms with Crippen LogP contribution in [0.4, 0.5) is 5.69 Å². The molecule has 8 nitrogen and oxygen atoms in total. The quantitative estimate of drug-likeness (QED) is 0.329. The summed E-state index contributed by atoms with van der Waals surface area (Å²) >= 11 is 0. The van der Waals surface area contributed by atoms with Crippen molar-refractivity contribution >= 4 is 23.3 Å². The van der Waals surface area contributed by atoms with Crippen LogP contribution in [0.15, 0.2) is 52.9 Å². The monoisotopic (exact) mass is 490 g/mol. The number of nitrogens with one attached hydrogen (secondary N) is 1. The Morgan fingerprint density at radius 1 is 1.08 bits per heavy atom. The maximum Gasteiger partial charge on any atom is 0.286 e. The summed E-state index contributed by atoms with van der Waals surface area (Å²) in [5.41, 5.74) is 2.86. The van der Waals surface area contributed by atoms with Crippen LogP contribution in [0.1, 0.15) is 57.6 Å². The van der Waals surface area contributed by atoms with E-state index >= 15 is 0 Å². The van der Waals surface area contributed by atoms with E-state index in [9.17, 15) is 14.4 Å². The van der Waals surface area contributed by atoms with Crippen molar-refractivity contribution in [1.82, 2.24) is 5.32 Å². The minimum absolute atomic E-state index is 0.105. The first-order valence-corrected chi connectivity index (χ1v) is 12.0. The number of Topliss-reactive ketones (excluding diaryl/α,β-unsaturated/α-hetero) is 1. The fourth-order valence-electron chi connectivity index (χ4n) is 3.84. The van der Waals surface area contributed by atoms with Gasteiger partial charge in [-0.05, 0) is 67.8 Å². The predicted molar refractivity (Wildman–Crippen MR) is 135 cm³/mol. The third kappa shape index (κ3) is 5.76. The average Bonchev–Trinajstić information content (AvgIpc) is 3.35. The van der Waals surface area contributed by atoms with Crippen molar-refractivity contribution < 1.29 is 28.3 Å². The molecule has 0 radical (unpaired) electrons. The maximum absolute atomic E-state index is 12.9. The number of nitrogens with zero attached hydrogens (tertiary/aromatic N) is 1. The summed E-state index contributed by atoms with van der Waals surface area (Å²) in [7, 11) is 0. The molecule has 0 aliphatic carbocycles. The van der Waals surface area contributed by atoms with E-state index < -0.39 is 0 Å². The minimum atomic E-state index is -0.292. The van der Waals surface area contributed by atoms with Crippen molar-refractivity contribution in [2.75, 3.05) is 24.7 Å².